The molecule has 0 heterocycles. The number of thioether (sulfide) groups is 1. The topological polar surface area (TPSA) is 60.2 Å². The van der Waals surface area contributed by atoms with Gasteiger partial charge in [-0.05, 0) is 13.8 Å². The van der Waals surface area contributed by atoms with Crippen LogP contribution >= 0.6 is 11.8 Å². The molecule has 0 aromatic rings. The van der Waals surface area contributed by atoms with Crippen molar-refractivity contribution in [1.29, 1.82) is 0 Å². The molecule has 0 aliphatic rings. The van der Waals surface area contributed by atoms with Gasteiger partial charge >= 0.3 is 0 Å². The molecular formula is C8H19NO2S2. The van der Waals surface area contributed by atoms with Crippen LogP contribution < -0.4 is 5.73 Å². The van der Waals surface area contributed by atoms with Crippen LogP contribution in [0.2, 0.25) is 0 Å². The molecule has 0 aliphatic heterocycles. The Hall–Kier alpha value is 0.260. The van der Waals surface area contributed by atoms with Crippen molar-refractivity contribution in [2.45, 2.75) is 31.3 Å². The first-order valence-electron chi connectivity index (χ1n) is 4.43. The molecule has 0 aromatic carbocycles. The third kappa shape index (κ3) is 5.54. The summed E-state index contributed by atoms with van der Waals surface area (Å²) in [4.78, 5) is 0. The first-order valence-corrected chi connectivity index (χ1v) is 7.19. The summed E-state index contributed by atoms with van der Waals surface area (Å²) in [7, 11) is -2.86. The van der Waals surface area contributed by atoms with Crippen molar-refractivity contribution in [3.63, 3.8) is 0 Å². The Bertz CT molecular complexity index is 224. The first-order chi connectivity index (χ1) is 5.90. The van der Waals surface area contributed by atoms with Gasteiger partial charge in [0.2, 0.25) is 0 Å². The molecule has 0 aliphatic carbocycles. The van der Waals surface area contributed by atoms with Gasteiger partial charge in [-0.3, -0.25) is 0 Å². The lowest BCUT2D eigenvalue weighted by Crippen LogP contribution is -2.21. The Balaban J connectivity index is 3.78. The van der Waals surface area contributed by atoms with Crippen molar-refractivity contribution in [3.05, 3.63) is 0 Å². The lowest BCUT2D eigenvalue weighted by Gasteiger charge is -2.10. The van der Waals surface area contributed by atoms with Gasteiger partial charge in [0.1, 0.15) is 0 Å². The largest absolute Gasteiger partial charge is 0.329 e. The van der Waals surface area contributed by atoms with E-state index in [1.165, 1.54) is 0 Å². The molecule has 1 atom stereocenters. The average molecular weight is 225 g/mol. The molecular weight excluding hydrogens is 206 g/mol. The van der Waals surface area contributed by atoms with E-state index in [-0.39, 0.29) is 11.0 Å². The summed E-state index contributed by atoms with van der Waals surface area (Å²) in [5, 5.41) is 0.0867. The van der Waals surface area contributed by atoms with E-state index in [1.54, 1.807) is 25.6 Å². The highest BCUT2D eigenvalue weighted by Crippen LogP contribution is 2.11. The van der Waals surface area contributed by atoms with E-state index in [0.717, 1.165) is 0 Å². The van der Waals surface area contributed by atoms with Gasteiger partial charge < -0.3 is 5.73 Å². The van der Waals surface area contributed by atoms with E-state index < -0.39 is 9.84 Å². The first kappa shape index (κ1) is 13.3. The summed E-state index contributed by atoms with van der Waals surface area (Å²) < 4.78 is 22.7. The zero-order valence-corrected chi connectivity index (χ0v) is 10.1. The molecule has 2 N–H and O–H groups in total. The van der Waals surface area contributed by atoms with Crippen molar-refractivity contribution in [1.82, 2.24) is 0 Å². The fourth-order valence-electron chi connectivity index (χ4n) is 0.669. The second-order valence-electron chi connectivity index (χ2n) is 3.33. The quantitative estimate of drug-likeness (QED) is 0.729. The minimum atomic E-state index is -2.86. The van der Waals surface area contributed by atoms with Crippen LogP contribution in [0.3, 0.4) is 0 Å². The standard InChI is InChI=1S/C8H19NO2S2/c1-7(2)13(10,11)5-4-12-8(3)6-9/h7-8H,4-6,9H2,1-3H3. The van der Waals surface area contributed by atoms with E-state index in [0.29, 0.717) is 17.5 Å². The van der Waals surface area contributed by atoms with Crippen molar-refractivity contribution >= 4 is 21.6 Å². The zero-order chi connectivity index (χ0) is 10.5. The van der Waals surface area contributed by atoms with Gasteiger partial charge in [0.05, 0.1) is 11.0 Å². The van der Waals surface area contributed by atoms with Gasteiger partial charge in [0, 0.05) is 17.5 Å². The van der Waals surface area contributed by atoms with E-state index >= 15 is 0 Å². The Labute approximate surface area is 85.4 Å². The second kappa shape index (κ2) is 5.88. The fraction of sp³-hybridized carbons (Fsp3) is 1.00. The number of rotatable bonds is 6. The maximum Gasteiger partial charge on any atom is 0.153 e. The minimum Gasteiger partial charge on any atom is -0.329 e. The van der Waals surface area contributed by atoms with Crippen LogP contribution in [-0.4, -0.2) is 37.0 Å². The van der Waals surface area contributed by atoms with Crippen molar-refractivity contribution < 1.29 is 8.42 Å². The smallest absolute Gasteiger partial charge is 0.153 e. The summed E-state index contributed by atoms with van der Waals surface area (Å²) >= 11 is 1.62. The predicted octanol–water partition coefficient (Wildman–Crippen LogP) is 0.890. The zero-order valence-electron chi connectivity index (χ0n) is 8.49. The van der Waals surface area contributed by atoms with E-state index in [2.05, 4.69) is 0 Å². The Kier molecular flexibility index (Phi) is 6.00. The number of sulfone groups is 1. The Morgan fingerprint density at radius 1 is 1.31 bits per heavy atom. The SMILES string of the molecule is CC(CN)SCCS(=O)(=O)C(C)C. The minimum absolute atomic E-state index is 0.263. The summed E-state index contributed by atoms with van der Waals surface area (Å²) in [6.07, 6.45) is 0. The van der Waals surface area contributed by atoms with Gasteiger partial charge in [-0.2, -0.15) is 11.8 Å². The van der Waals surface area contributed by atoms with Gasteiger partial charge in [-0.1, -0.05) is 6.92 Å². The summed E-state index contributed by atoms with van der Waals surface area (Å²) in [5.74, 6) is 0.915. The number of nitrogens with two attached hydrogens (primary N) is 1. The van der Waals surface area contributed by atoms with Crippen LogP contribution in [0, 0.1) is 0 Å². The molecule has 13 heavy (non-hydrogen) atoms. The normalized spacial score (nSPS) is 14.8. The number of hydrogen-bond acceptors (Lipinski definition) is 4. The number of hydrogen-bond donors (Lipinski definition) is 1. The van der Waals surface area contributed by atoms with Gasteiger partial charge in [-0.25, -0.2) is 8.42 Å². The third-order valence-corrected chi connectivity index (χ3v) is 5.49. The molecule has 0 fully saturated rings. The molecule has 0 bridgehead atoms. The Morgan fingerprint density at radius 2 is 1.85 bits per heavy atom. The fourth-order valence-corrected chi connectivity index (χ4v) is 2.99. The van der Waals surface area contributed by atoms with Crippen molar-refractivity contribution in [3.8, 4) is 0 Å². The van der Waals surface area contributed by atoms with E-state index in [1.807, 2.05) is 6.92 Å². The molecule has 0 saturated carbocycles. The molecule has 3 nitrogen and oxygen atoms in total. The predicted molar refractivity (Wildman–Crippen MR) is 59.9 cm³/mol. The molecule has 0 radical (unpaired) electrons. The highest BCUT2D eigenvalue weighted by atomic mass is 32.2. The monoisotopic (exact) mass is 225 g/mol. The maximum absolute atomic E-state index is 11.4. The molecule has 1 unspecified atom stereocenters. The summed E-state index contributed by atoms with van der Waals surface area (Å²) in [6.45, 7) is 6.04. The highest BCUT2D eigenvalue weighted by molar-refractivity contribution is 8.01. The lowest BCUT2D eigenvalue weighted by atomic mass is 10.5. The molecule has 0 aromatic heterocycles. The van der Waals surface area contributed by atoms with E-state index in [9.17, 15) is 8.42 Å². The second-order valence-corrected chi connectivity index (χ2v) is 7.56. The third-order valence-electron chi connectivity index (χ3n) is 1.82. The van der Waals surface area contributed by atoms with Crippen LogP contribution in [0.1, 0.15) is 20.8 Å². The van der Waals surface area contributed by atoms with Crippen LogP contribution in [0.5, 0.6) is 0 Å². The highest BCUT2D eigenvalue weighted by Gasteiger charge is 2.15. The molecule has 0 rings (SSSR count). The van der Waals surface area contributed by atoms with Crippen LogP contribution in [-0.2, 0) is 9.84 Å². The Morgan fingerprint density at radius 3 is 2.23 bits per heavy atom. The molecule has 0 amide bonds. The van der Waals surface area contributed by atoms with Gasteiger partial charge in [0.25, 0.3) is 0 Å². The lowest BCUT2D eigenvalue weighted by molar-refractivity contribution is 0.589. The van der Waals surface area contributed by atoms with Crippen LogP contribution in [0.25, 0.3) is 0 Å². The molecule has 80 valence electrons. The molecule has 0 saturated heterocycles. The molecule has 0 spiro atoms. The van der Waals surface area contributed by atoms with Crippen molar-refractivity contribution in [2.75, 3.05) is 18.1 Å². The maximum atomic E-state index is 11.4. The van der Waals surface area contributed by atoms with Gasteiger partial charge in [0.15, 0.2) is 9.84 Å². The van der Waals surface area contributed by atoms with Crippen LogP contribution in [0.4, 0.5) is 0 Å². The summed E-state index contributed by atoms with van der Waals surface area (Å²) in [5.41, 5.74) is 5.41. The van der Waals surface area contributed by atoms with Gasteiger partial charge in [-0.15, -0.1) is 0 Å². The van der Waals surface area contributed by atoms with Crippen molar-refractivity contribution in [2.24, 2.45) is 5.73 Å². The van der Waals surface area contributed by atoms with E-state index in [4.69, 9.17) is 5.73 Å². The van der Waals surface area contributed by atoms with Crippen LogP contribution in [0.15, 0.2) is 0 Å². The molecule has 5 heteroatoms. The average Bonchev–Trinajstić information content (AvgIpc) is 2.03. The summed E-state index contributed by atoms with van der Waals surface area (Å²) in [6, 6.07) is 0.